The minimum atomic E-state index is -0.625. The summed E-state index contributed by atoms with van der Waals surface area (Å²) in [6.45, 7) is 2.19. The van der Waals surface area contributed by atoms with Gasteiger partial charge in [0.1, 0.15) is 6.10 Å². The molecule has 0 saturated heterocycles. The van der Waals surface area contributed by atoms with Crippen LogP contribution in [0.5, 0.6) is 0 Å². The summed E-state index contributed by atoms with van der Waals surface area (Å²) < 4.78 is 10.7. The standard InChI is InChI=1S/C15H18O4/c1-11(16)19-15-8-7-14(17)13(15)10-18-9-12-5-3-2-4-6-12/h2-8,13-15,17H,9-10H2,1H3/t13-,14+,15-/m0/s1. The number of rotatable bonds is 5. The molecule has 1 aliphatic carbocycles. The second kappa shape index (κ2) is 6.50. The largest absolute Gasteiger partial charge is 0.458 e. The Bertz CT molecular complexity index is 441. The molecule has 2 rings (SSSR count). The maximum absolute atomic E-state index is 11.0. The molecule has 1 aliphatic rings. The van der Waals surface area contributed by atoms with Gasteiger partial charge in [0.2, 0.25) is 0 Å². The fraction of sp³-hybridized carbons (Fsp3) is 0.400. The molecular formula is C15H18O4. The van der Waals surface area contributed by atoms with E-state index in [1.165, 1.54) is 6.92 Å². The van der Waals surface area contributed by atoms with Gasteiger partial charge < -0.3 is 14.6 Å². The summed E-state index contributed by atoms with van der Waals surface area (Å²) in [5, 5.41) is 9.81. The molecule has 19 heavy (non-hydrogen) atoms. The van der Waals surface area contributed by atoms with E-state index >= 15 is 0 Å². The van der Waals surface area contributed by atoms with Gasteiger partial charge in [0.15, 0.2) is 0 Å². The molecule has 0 amide bonds. The Labute approximate surface area is 112 Å². The third-order valence-electron chi connectivity index (χ3n) is 3.08. The highest BCUT2D eigenvalue weighted by Gasteiger charge is 2.32. The zero-order valence-electron chi connectivity index (χ0n) is 10.9. The van der Waals surface area contributed by atoms with Gasteiger partial charge in [-0.25, -0.2) is 0 Å². The smallest absolute Gasteiger partial charge is 0.303 e. The van der Waals surface area contributed by atoms with Gasteiger partial charge in [-0.1, -0.05) is 36.4 Å². The van der Waals surface area contributed by atoms with E-state index in [0.29, 0.717) is 13.2 Å². The van der Waals surface area contributed by atoms with Crippen molar-refractivity contribution in [3.63, 3.8) is 0 Å². The normalized spacial score (nSPS) is 25.5. The molecule has 1 N–H and O–H groups in total. The van der Waals surface area contributed by atoms with Crippen LogP contribution in [0.1, 0.15) is 12.5 Å². The molecule has 0 radical (unpaired) electrons. The first-order valence-corrected chi connectivity index (χ1v) is 6.32. The van der Waals surface area contributed by atoms with Gasteiger partial charge in [-0.3, -0.25) is 4.79 Å². The fourth-order valence-corrected chi connectivity index (χ4v) is 2.10. The van der Waals surface area contributed by atoms with Crippen molar-refractivity contribution in [2.75, 3.05) is 6.61 Å². The van der Waals surface area contributed by atoms with Gasteiger partial charge in [0.25, 0.3) is 0 Å². The Balaban J connectivity index is 1.82. The Morgan fingerprint density at radius 2 is 2.00 bits per heavy atom. The maximum atomic E-state index is 11.0. The maximum Gasteiger partial charge on any atom is 0.303 e. The average molecular weight is 262 g/mol. The number of hydrogen-bond donors (Lipinski definition) is 1. The Kier molecular flexibility index (Phi) is 4.71. The van der Waals surface area contributed by atoms with Crippen molar-refractivity contribution in [2.45, 2.75) is 25.7 Å². The quantitative estimate of drug-likeness (QED) is 0.648. The molecular weight excluding hydrogens is 244 g/mol. The van der Waals surface area contributed by atoms with Crippen LogP contribution in [-0.4, -0.2) is 29.9 Å². The number of esters is 1. The average Bonchev–Trinajstić information content (AvgIpc) is 2.72. The van der Waals surface area contributed by atoms with Crippen LogP contribution in [0.25, 0.3) is 0 Å². The molecule has 1 aromatic rings. The molecule has 0 saturated carbocycles. The van der Waals surface area contributed by atoms with Crippen molar-refractivity contribution in [1.82, 2.24) is 0 Å². The number of hydrogen-bond acceptors (Lipinski definition) is 4. The lowest BCUT2D eigenvalue weighted by Crippen LogP contribution is -2.31. The first-order valence-electron chi connectivity index (χ1n) is 6.32. The molecule has 0 aliphatic heterocycles. The van der Waals surface area contributed by atoms with Gasteiger partial charge in [0.05, 0.1) is 25.2 Å². The first-order chi connectivity index (χ1) is 9.16. The predicted octanol–water partition coefficient (Wildman–Crippen LogP) is 1.68. The third-order valence-corrected chi connectivity index (χ3v) is 3.08. The minimum absolute atomic E-state index is 0.229. The Morgan fingerprint density at radius 3 is 2.68 bits per heavy atom. The lowest BCUT2D eigenvalue weighted by molar-refractivity contribution is -0.148. The first kappa shape index (κ1) is 13.8. The van der Waals surface area contributed by atoms with E-state index in [0.717, 1.165) is 5.56 Å². The fourth-order valence-electron chi connectivity index (χ4n) is 2.10. The van der Waals surface area contributed by atoms with Crippen LogP contribution >= 0.6 is 0 Å². The highest BCUT2D eigenvalue weighted by molar-refractivity contribution is 5.66. The number of aliphatic hydroxyl groups is 1. The van der Waals surface area contributed by atoms with E-state index in [4.69, 9.17) is 9.47 Å². The van der Waals surface area contributed by atoms with Gasteiger partial charge in [-0.15, -0.1) is 0 Å². The predicted molar refractivity (Wildman–Crippen MR) is 70.3 cm³/mol. The highest BCUT2D eigenvalue weighted by atomic mass is 16.5. The van der Waals surface area contributed by atoms with Crippen molar-refractivity contribution >= 4 is 5.97 Å². The lowest BCUT2D eigenvalue weighted by Gasteiger charge is -2.21. The van der Waals surface area contributed by atoms with E-state index in [1.807, 2.05) is 30.3 Å². The molecule has 0 aromatic heterocycles. The monoisotopic (exact) mass is 262 g/mol. The summed E-state index contributed by atoms with van der Waals surface area (Å²) in [4.78, 5) is 11.0. The Hall–Kier alpha value is -1.65. The Morgan fingerprint density at radius 1 is 1.26 bits per heavy atom. The molecule has 0 fully saturated rings. The van der Waals surface area contributed by atoms with Crippen LogP contribution in [0.4, 0.5) is 0 Å². The summed E-state index contributed by atoms with van der Waals surface area (Å²) in [7, 11) is 0. The second-order valence-corrected chi connectivity index (χ2v) is 4.61. The zero-order valence-corrected chi connectivity index (χ0v) is 10.9. The van der Waals surface area contributed by atoms with E-state index in [9.17, 15) is 9.90 Å². The third kappa shape index (κ3) is 3.91. The second-order valence-electron chi connectivity index (χ2n) is 4.61. The van der Waals surface area contributed by atoms with Crippen molar-refractivity contribution in [2.24, 2.45) is 5.92 Å². The molecule has 3 atom stereocenters. The summed E-state index contributed by atoms with van der Waals surface area (Å²) in [6.07, 6.45) is 2.33. The lowest BCUT2D eigenvalue weighted by atomic mass is 10.0. The topological polar surface area (TPSA) is 55.8 Å². The van der Waals surface area contributed by atoms with Crippen LogP contribution in [0.15, 0.2) is 42.5 Å². The molecule has 0 unspecified atom stereocenters. The summed E-state index contributed by atoms with van der Waals surface area (Å²) in [5.41, 5.74) is 1.08. The molecule has 4 nitrogen and oxygen atoms in total. The van der Waals surface area contributed by atoms with Crippen molar-refractivity contribution < 1.29 is 19.4 Å². The van der Waals surface area contributed by atoms with Gasteiger partial charge in [-0.2, -0.15) is 0 Å². The number of carbonyl (C=O) groups is 1. The van der Waals surface area contributed by atoms with Crippen LogP contribution in [0.2, 0.25) is 0 Å². The molecule has 102 valence electrons. The van der Waals surface area contributed by atoms with Gasteiger partial charge >= 0.3 is 5.97 Å². The molecule has 0 spiro atoms. The summed E-state index contributed by atoms with van der Waals surface area (Å²) >= 11 is 0. The van der Waals surface area contributed by atoms with Crippen LogP contribution in [0.3, 0.4) is 0 Å². The summed E-state index contributed by atoms with van der Waals surface area (Å²) in [5.74, 6) is -0.579. The van der Waals surface area contributed by atoms with E-state index in [1.54, 1.807) is 12.2 Å². The van der Waals surface area contributed by atoms with E-state index in [-0.39, 0.29) is 11.9 Å². The minimum Gasteiger partial charge on any atom is -0.458 e. The molecule has 0 heterocycles. The van der Waals surface area contributed by atoms with Crippen LogP contribution in [-0.2, 0) is 20.9 Å². The molecule has 1 aromatic carbocycles. The molecule has 0 bridgehead atoms. The summed E-state index contributed by atoms with van der Waals surface area (Å²) in [6, 6.07) is 9.81. The molecule has 4 heteroatoms. The van der Waals surface area contributed by atoms with Crippen LogP contribution in [0, 0.1) is 5.92 Å². The van der Waals surface area contributed by atoms with Crippen molar-refractivity contribution in [3.05, 3.63) is 48.0 Å². The van der Waals surface area contributed by atoms with Crippen molar-refractivity contribution in [1.29, 1.82) is 0 Å². The van der Waals surface area contributed by atoms with Crippen molar-refractivity contribution in [3.8, 4) is 0 Å². The zero-order chi connectivity index (χ0) is 13.7. The highest BCUT2D eigenvalue weighted by Crippen LogP contribution is 2.23. The number of aliphatic hydroxyl groups excluding tert-OH is 1. The number of ether oxygens (including phenoxy) is 2. The van der Waals surface area contributed by atoms with E-state index < -0.39 is 12.2 Å². The van der Waals surface area contributed by atoms with Crippen LogP contribution < -0.4 is 0 Å². The SMILES string of the molecule is CC(=O)O[C@H]1C=C[C@@H](O)[C@@H]1COCc1ccccc1. The number of benzene rings is 1. The van der Waals surface area contributed by atoms with Gasteiger partial charge in [-0.05, 0) is 11.6 Å². The van der Waals surface area contributed by atoms with E-state index in [2.05, 4.69) is 0 Å². The number of carbonyl (C=O) groups excluding carboxylic acids is 1. The van der Waals surface area contributed by atoms with Gasteiger partial charge in [0, 0.05) is 6.92 Å².